The number of hydrogen-bond acceptors (Lipinski definition) is 6. The zero-order chi connectivity index (χ0) is 16.3. The normalized spacial score (nSPS) is 50.5. The molecule has 3 aliphatic rings. The number of ketones is 1. The SMILES string of the molecule is CC1(C)C2CCC1(CC1O[C@H](CO)[C@@H](O)[C@H](O)[C@H]1O)C(=O)C2. The third-order valence-electron chi connectivity index (χ3n) is 6.68. The van der Waals surface area contributed by atoms with E-state index in [4.69, 9.17) is 4.74 Å². The molecule has 3 fully saturated rings. The van der Waals surface area contributed by atoms with Crippen LogP contribution >= 0.6 is 0 Å². The Labute approximate surface area is 130 Å². The molecule has 1 aliphatic heterocycles. The van der Waals surface area contributed by atoms with Crippen molar-refractivity contribution < 1.29 is 30.0 Å². The van der Waals surface area contributed by atoms with Crippen molar-refractivity contribution in [3.8, 4) is 0 Å². The van der Waals surface area contributed by atoms with Gasteiger partial charge in [0.25, 0.3) is 0 Å². The summed E-state index contributed by atoms with van der Waals surface area (Å²) in [6.07, 6.45) is -2.96. The Morgan fingerprint density at radius 1 is 1.14 bits per heavy atom. The Morgan fingerprint density at radius 2 is 1.77 bits per heavy atom. The van der Waals surface area contributed by atoms with Crippen molar-refractivity contribution in [1.82, 2.24) is 0 Å². The summed E-state index contributed by atoms with van der Waals surface area (Å²) in [6.45, 7) is 3.76. The molecule has 1 saturated heterocycles. The molecule has 0 aromatic carbocycles. The minimum Gasteiger partial charge on any atom is -0.394 e. The first-order chi connectivity index (χ1) is 10.2. The van der Waals surface area contributed by atoms with Crippen LogP contribution in [0.3, 0.4) is 0 Å². The van der Waals surface area contributed by atoms with E-state index in [0.29, 0.717) is 18.8 Å². The number of fused-ring (bicyclic) bond motifs is 2. The number of ether oxygens (including phenoxy) is 1. The maximum absolute atomic E-state index is 12.6. The van der Waals surface area contributed by atoms with Gasteiger partial charge in [-0.05, 0) is 30.6 Å². The second-order valence-corrected chi connectivity index (χ2v) is 7.74. The van der Waals surface area contributed by atoms with Crippen molar-refractivity contribution >= 4 is 5.78 Å². The minimum absolute atomic E-state index is 0.150. The van der Waals surface area contributed by atoms with E-state index in [1.807, 2.05) is 0 Å². The van der Waals surface area contributed by atoms with Crippen molar-refractivity contribution in [2.75, 3.05) is 6.61 Å². The Bertz CT molecular complexity index is 462. The van der Waals surface area contributed by atoms with Crippen LogP contribution in [0.4, 0.5) is 0 Å². The lowest BCUT2D eigenvalue weighted by atomic mass is 9.65. The number of carbonyl (C=O) groups excluding carboxylic acids is 1. The second-order valence-electron chi connectivity index (χ2n) is 7.74. The topological polar surface area (TPSA) is 107 Å². The first-order valence-electron chi connectivity index (χ1n) is 8.08. The Kier molecular flexibility index (Phi) is 3.89. The molecule has 6 heteroatoms. The predicted molar refractivity (Wildman–Crippen MR) is 76.9 cm³/mol. The average molecular weight is 314 g/mol. The Balaban J connectivity index is 1.84. The molecule has 2 saturated carbocycles. The van der Waals surface area contributed by atoms with Gasteiger partial charge in [-0.3, -0.25) is 4.79 Å². The van der Waals surface area contributed by atoms with Gasteiger partial charge in [-0.25, -0.2) is 0 Å². The minimum atomic E-state index is -1.37. The van der Waals surface area contributed by atoms with Gasteiger partial charge >= 0.3 is 0 Å². The van der Waals surface area contributed by atoms with Crippen LogP contribution < -0.4 is 0 Å². The average Bonchev–Trinajstić information content (AvgIpc) is 2.82. The highest BCUT2D eigenvalue weighted by Crippen LogP contribution is 2.66. The summed E-state index contributed by atoms with van der Waals surface area (Å²) in [7, 11) is 0. The molecule has 0 radical (unpaired) electrons. The highest BCUT2D eigenvalue weighted by Gasteiger charge is 2.65. The molecule has 3 rings (SSSR count). The van der Waals surface area contributed by atoms with Crippen LogP contribution in [-0.2, 0) is 9.53 Å². The maximum Gasteiger partial charge on any atom is 0.139 e. The molecule has 0 aromatic heterocycles. The number of hydrogen-bond donors (Lipinski definition) is 4. The molecule has 0 spiro atoms. The molecular formula is C16H26O6. The van der Waals surface area contributed by atoms with Gasteiger partial charge in [-0.15, -0.1) is 0 Å². The third kappa shape index (κ3) is 2.01. The van der Waals surface area contributed by atoms with Gasteiger partial charge in [0.15, 0.2) is 0 Å². The number of aliphatic hydroxyl groups excluding tert-OH is 4. The van der Waals surface area contributed by atoms with Crippen LogP contribution in [0.15, 0.2) is 0 Å². The number of aliphatic hydroxyl groups is 4. The molecule has 0 amide bonds. The summed E-state index contributed by atoms with van der Waals surface area (Å²) in [5.74, 6) is 0.579. The van der Waals surface area contributed by atoms with Crippen LogP contribution in [0.25, 0.3) is 0 Å². The zero-order valence-corrected chi connectivity index (χ0v) is 13.1. The molecule has 0 aromatic rings. The molecule has 1 heterocycles. The maximum atomic E-state index is 12.6. The second kappa shape index (κ2) is 5.24. The van der Waals surface area contributed by atoms with Gasteiger partial charge in [0.1, 0.15) is 30.2 Å². The Morgan fingerprint density at radius 3 is 2.27 bits per heavy atom. The van der Waals surface area contributed by atoms with E-state index < -0.39 is 42.5 Å². The smallest absolute Gasteiger partial charge is 0.139 e. The molecule has 4 N–H and O–H groups in total. The molecule has 7 atom stereocenters. The van der Waals surface area contributed by atoms with Crippen LogP contribution in [0.2, 0.25) is 0 Å². The zero-order valence-electron chi connectivity index (χ0n) is 13.1. The van der Waals surface area contributed by atoms with Gasteiger partial charge in [-0.2, -0.15) is 0 Å². The van der Waals surface area contributed by atoms with Crippen molar-refractivity contribution in [3.63, 3.8) is 0 Å². The lowest BCUT2D eigenvalue weighted by Gasteiger charge is -2.45. The van der Waals surface area contributed by atoms with Crippen LogP contribution in [-0.4, -0.2) is 63.3 Å². The predicted octanol–water partition coefficient (Wildman–Crippen LogP) is -0.386. The van der Waals surface area contributed by atoms with Crippen molar-refractivity contribution in [3.05, 3.63) is 0 Å². The van der Waals surface area contributed by atoms with Gasteiger partial charge in [-0.1, -0.05) is 13.8 Å². The summed E-state index contributed by atoms with van der Waals surface area (Å²) in [5, 5.41) is 39.3. The fraction of sp³-hybridized carbons (Fsp3) is 0.938. The van der Waals surface area contributed by atoms with E-state index in [-0.39, 0.29) is 11.2 Å². The molecule has 6 nitrogen and oxygen atoms in total. The summed E-state index contributed by atoms with van der Waals surface area (Å²) in [4.78, 5) is 12.6. The van der Waals surface area contributed by atoms with E-state index in [1.54, 1.807) is 0 Å². The summed E-state index contributed by atoms with van der Waals surface area (Å²) >= 11 is 0. The van der Waals surface area contributed by atoms with Crippen LogP contribution in [0, 0.1) is 16.7 Å². The van der Waals surface area contributed by atoms with E-state index in [1.165, 1.54) is 0 Å². The largest absolute Gasteiger partial charge is 0.394 e. The van der Waals surface area contributed by atoms with Gasteiger partial charge in [0.05, 0.1) is 12.7 Å². The van der Waals surface area contributed by atoms with Crippen LogP contribution in [0.5, 0.6) is 0 Å². The summed E-state index contributed by atoms with van der Waals surface area (Å²) < 4.78 is 5.62. The van der Waals surface area contributed by atoms with Crippen molar-refractivity contribution in [1.29, 1.82) is 0 Å². The van der Waals surface area contributed by atoms with E-state index in [9.17, 15) is 25.2 Å². The standard InChI is InChI=1S/C16H26O6/c1-15(2)8-3-4-16(15,11(18)5-8)6-9-12(19)14(21)13(20)10(7-17)22-9/h8-10,12-14,17,19-21H,3-7H2,1-2H3/t8?,9?,10-,12+,13-,14-,16?/m1/s1. The fourth-order valence-electron chi connectivity index (χ4n) is 4.94. The number of rotatable bonds is 3. The van der Waals surface area contributed by atoms with Gasteiger partial charge in [0, 0.05) is 11.8 Å². The lowest BCUT2D eigenvalue weighted by Crippen LogP contribution is -2.60. The monoisotopic (exact) mass is 314 g/mol. The highest BCUT2D eigenvalue weighted by atomic mass is 16.5. The molecule has 2 bridgehead atoms. The molecule has 126 valence electrons. The van der Waals surface area contributed by atoms with E-state index in [0.717, 1.165) is 12.8 Å². The summed E-state index contributed by atoms with van der Waals surface area (Å²) in [6, 6.07) is 0. The first-order valence-corrected chi connectivity index (χ1v) is 8.08. The van der Waals surface area contributed by atoms with Crippen molar-refractivity contribution in [2.45, 2.75) is 70.1 Å². The van der Waals surface area contributed by atoms with Gasteiger partial charge in [0.2, 0.25) is 0 Å². The number of Topliss-reactive ketones (excluding diaryl/α,β-unsaturated/α-hetero) is 1. The third-order valence-corrected chi connectivity index (χ3v) is 6.68. The van der Waals surface area contributed by atoms with E-state index >= 15 is 0 Å². The van der Waals surface area contributed by atoms with Gasteiger partial charge < -0.3 is 25.2 Å². The lowest BCUT2D eigenvalue weighted by molar-refractivity contribution is -0.237. The number of carbonyl (C=O) groups is 1. The fourth-order valence-corrected chi connectivity index (χ4v) is 4.94. The van der Waals surface area contributed by atoms with E-state index in [2.05, 4.69) is 13.8 Å². The first kappa shape index (κ1) is 16.3. The molecule has 22 heavy (non-hydrogen) atoms. The van der Waals surface area contributed by atoms with Crippen LogP contribution in [0.1, 0.15) is 39.5 Å². The Hall–Kier alpha value is -0.530. The van der Waals surface area contributed by atoms with Crippen molar-refractivity contribution in [2.24, 2.45) is 16.7 Å². The molecule has 2 aliphatic carbocycles. The summed E-state index contributed by atoms with van der Waals surface area (Å²) in [5.41, 5.74) is -0.686. The molecule has 3 unspecified atom stereocenters. The highest BCUT2D eigenvalue weighted by molar-refractivity contribution is 5.89. The quantitative estimate of drug-likeness (QED) is 0.565. The molecular weight excluding hydrogens is 288 g/mol.